The van der Waals surface area contributed by atoms with Crippen LogP contribution in [0.2, 0.25) is 0 Å². The van der Waals surface area contributed by atoms with Crippen molar-refractivity contribution in [3.05, 3.63) is 59.7 Å². The zero-order valence-corrected chi connectivity index (χ0v) is 18.5. The minimum absolute atomic E-state index is 0.0157. The first-order chi connectivity index (χ1) is 14.1. The van der Waals surface area contributed by atoms with Gasteiger partial charge in [0.05, 0.1) is 10.9 Å². The second-order valence-electron chi connectivity index (χ2n) is 8.06. The van der Waals surface area contributed by atoms with Gasteiger partial charge in [-0.1, -0.05) is 62.9 Å². The van der Waals surface area contributed by atoms with Crippen molar-refractivity contribution in [2.75, 3.05) is 5.32 Å². The molecule has 0 bridgehead atoms. The summed E-state index contributed by atoms with van der Waals surface area (Å²) in [7, 11) is 0. The van der Waals surface area contributed by atoms with E-state index in [0.29, 0.717) is 22.1 Å². The van der Waals surface area contributed by atoms with Gasteiger partial charge in [0.2, 0.25) is 11.1 Å². The molecule has 0 saturated carbocycles. The molecule has 0 saturated heterocycles. The molecule has 1 unspecified atom stereocenters. The molecule has 156 valence electrons. The maximum atomic E-state index is 12.9. The molecule has 1 atom stereocenters. The Morgan fingerprint density at radius 2 is 1.80 bits per heavy atom. The fourth-order valence-electron chi connectivity index (χ4n) is 2.91. The molecular formula is C22H25N5O2S. The van der Waals surface area contributed by atoms with Crippen LogP contribution in [-0.4, -0.2) is 37.1 Å². The molecule has 1 amide bonds. The van der Waals surface area contributed by atoms with Gasteiger partial charge in [0.25, 0.3) is 0 Å². The molecular weight excluding hydrogens is 398 g/mol. The Balaban J connectivity index is 1.77. The number of ketones is 1. The third-order valence-corrected chi connectivity index (χ3v) is 5.57. The van der Waals surface area contributed by atoms with Gasteiger partial charge in [-0.3, -0.25) is 9.59 Å². The van der Waals surface area contributed by atoms with Crippen LogP contribution in [0.25, 0.3) is 5.69 Å². The summed E-state index contributed by atoms with van der Waals surface area (Å²) in [6, 6.07) is 15.0. The number of benzene rings is 2. The number of hydrogen-bond acceptors (Lipinski definition) is 6. The van der Waals surface area contributed by atoms with E-state index >= 15 is 0 Å². The number of anilines is 1. The van der Waals surface area contributed by atoms with Gasteiger partial charge >= 0.3 is 0 Å². The lowest BCUT2D eigenvalue weighted by atomic mass is 9.86. The second kappa shape index (κ2) is 8.79. The molecule has 7 nitrogen and oxygen atoms in total. The van der Waals surface area contributed by atoms with E-state index in [9.17, 15) is 9.59 Å². The summed E-state index contributed by atoms with van der Waals surface area (Å²) in [5.74, 6) is -0.142. The lowest BCUT2D eigenvalue weighted by molar-refractivity contribution is -0.114. The highest BCUT2D eigenvalue weighted by Crippen LogP contribution is 2.27. The van der Waals surface area contributed by atoms with Crippen LogP contribution in [0, 0.1) is 0 Å². The highest BCUT2D eigenvalue weighted by atomic mass is 32.2. The standard InChI is InChI=1S/C22H25N5O2S/c1-14(20(29)16-9-11-17(12-10-16)22(3,4)5)30-21-24-25-26-27(21)19-8-6-7-18(13-19)23-15(2)28/h6-14H,1-5H3,(H,23,28). The summed E-state index contributed by atoms with van der Waals surface area (Å²) in [5.41, 5.74) is 3.23. The zero-order chi connectivity index (χ0) is 21.9. The number of tetrazole rings is 1. The maximum absolute atomic E-state index is 12.9. The molecule has 0 fully saturated rings. The SMILES string of the molecule is CC(=O)Nc1cccc(-n2nnnc2SC(C)C(=O)c2ccc(C(C)(C)C)cc2)c1. The number of nitrogens with one attached hydrogen (secondary N) is 1. The number of carbonyl (C=O) groups is 2. The average Bonchev–Trinajstić information content (AvgIpc) is 3.14. The molecule has 0 aliphatic heterocycles. The van der Waals surface area contributed by atoms with Gasteiger partial charge in [0, 0.05) is 18.2 Å². The summed E-state index contributed by atoms with van der Waals surface area (Å²) in [6.45, 7) is 9.72. The Kier molecular flexibility index (Phi) is 6.36. The first kappa shape index (κ1) is 21.7. The third kappa shape index (κ3) is 5.13. The van der Waals surface area contributed by atoms with Crippen molar-refractivity contribution < 1.29 is 9.59 Å². The first-order valence-electron chi connectivity index (χ1n) is 9.63. The number of carbonyl (C=O) groups excluding carboxylic acids is 2. The molecule has 30 heavy (non-hydrogen) atoms. The quantitative estimate of drug-likeness (QED) is 0.470. The minimum atomic E-state index is -0.367. The van der Waals surface area contributed by atoms with Gasteiger partial charge in [-0.15, -0.1) is 5.10 Å². The highest BCUT2D eigenvalue weighted by molar-refractivity contribution is 8.00. The van der Waals surface area contributed by atoms with Crippen molar-refractivity contribution in [1.29, 1.82) is 0 Å². The minimum Gasteiger partial charge on any atom is -0.326 e. The van der Waals surface area contributed by atoms with E-state index < -0.39 is 0 Å². The summed E-state index contributed by atoms with van der Waals surface area (Å²) in [6.07, 6.45) is 0. The Morgan fingerprint density at radius 1 is 1.10 bits per heavy atom. The van der Waals surface area contributed by atoms with Crippen molar-refractivity contribution in [2.45, 2.75) is 50.4 Å². The fraction of sp³-hybridized carbons (Fsp3) is 0.318. The number of aromatic nitrogens is 4. The molecule has 8 heteroatoms. The second-order valence-corrected chi connectivity index (χ2v) is 9.36. The van der Waals surface area contributed by atoms with Crippen LogP contribution in [0.15, 0.2) is 53.7 Å². The molecule has 3 aromatic rings. The average molecular weight is 424 g/mol. The first-order valence-corrected chi connectivity index (χ1v) is 10.5. The largest absolute Gasteiger partial charge is 0.326 e. The zero-order valence-electron chi connectivity index (χ0n) is 17.7. The van der Waals surface area contributed by atoms with Gasteiger partial charge in [-0.25, -0.2) is 0 Å². The van der Waals surface area contributed by atoms with E-state index in [0.717, 1.165) is 0 Å². The monoisotopic (exact) mass is 423 g/mol. The number of rotatable bonds is 6. The van der Waals surface area contributed by atoms with E-state index in [1.54, 1.807) is 16.8 Å². The van der Waals surface area contributed by atoms with Crippen LogP contribution in [0.4, 0.5) is 5.69 Å². The van der Waals surface area contributed by atoms with E-state index in [2.05, 4.69) is 41.6 Å². The summed E-state index contributed by atoms with van der Waals surface area (Å²) < 4.78 is 1.56. The molecule has 1 N–H and O–H groups in total. The lowest BCUT2D eigenvalue weighted by Crippen LogP contribution is -2.16. The number of amides is 1. The van der Waals surface area contributed by atoms with Crippen LogP contribution in [0.1, 0.15) is 50.5 Å². The Hall–Kier alpha value is -3.00. The number of thioether (sulfide) groups is 1. The van der Waals surface area contributed by atoms with Crippen LogP contribution in [-0.2, 0) is 10.2 Å². The van der Waals surface area contributed by atoms with Crippen LogP contribution >= 0.6 is 11.8 Å². The molecule has 2 aromatic carbocycles. The Bertz CT molecular complexity index is 1050. The van der Waals surface area contributed by atoms with Gasteiger partial charge in [0.1, 0.15) is 0 Å². The van der Waals surface area contributed by atoms with Crippen LogP contribution in [0.5, 0.6) is 0 Å². The maximum Gasteiger partial charge on any atom is 0.221 e. The number of hydrogen-bond donors (Lipinski definition) is 1. The number of Topliss-reactive ketones (excluding diaryl/α,β-unsaturated/α-hetero) is 1. The van der Waals surface area contributed by atoms with E-state index in [1.807, 2.05) is 43.3 Å². The summed E-state index contributed by atoms with van der Waals surface area (Å²) in [5, 5.41) is 14.7. The van der Waals surface area contributed by atoms with Gasteiger partial charge in [-0.2, -0.15) is 4.68 Å². The van der Waals surface area contributed by atoms with E-state index in [-0.39, 0.29) is 22.4 Å². The Morgan fingerprint density at radius 3 is 2.43 bits per heavy atom. The molecule has 0 spiro atoms. The molecule has 1 aromatic heterocycles. The van der Waals surface area contributed by atoms with Gasteiger partial charge in [-0.05, 0) is 46.5 Å². The normalized spacial score (nSPS) is 12.4. The predicted molar refractivity (Wildman–Crippen MR) is 118 cm³/mol. The fourth-order valence-corrected chi connectivity index (χ4v) is 3.80. The van der Waals surface area contributed by atoms with Crippen molar-refractivity contribution in [3.8, 4) is 5.69 Å². The smallest absolute Gasteiger partial charge is 0.221 e. The van der Waals surface area contributed by atoms with Crippen molar-refractivity contribution >= 4 is 29.1 Å². The van der Waals surface area contributed by atoms with Gasteiger partial charge < -0.3 is 5.32 Å². The van der Waals surface area contributed by atoms with Crippen molar-refractivity contribution in [2.24, 2.45) is 0 Å². The number of nitrogens with zero attached hydrogens (tertiary/aromatic N) is 4. The molecule has 0 aliphatic carbocycles. The van der Waals surface area contributed by atoms with Crippen molar-refractivity contribution in [3.63, 3.8) is 0 Å². The Labute approximate surface area is 180 Å². The lowest BCUT2D eigenvalue weighted by Gasteiger charge is -2.19. The van der Waals surface area contributed by atoms with E-state index in [4.69, 9.17) is 0 Å². The topological polar surface area (TPSA) is 89.8 Å². The predicted octanol–water partition coefficient (Wildman–Crippen LogP) is 4.28. The molecule has 0 aliphatic rings. The van der Waals surface area contributed by atoms with Crippen LogP contribution < -0.4 is 5.32 Å². The molecule has 3 rings (SSSR count). The van der Waals surface area contributed by atoms with Crippen LogP contribution in [0.3, 0.4) is 0 Å². The third-order valence-electron chi connectivity index (χ3n) is 4.54. The highest BCUT2D eigenvalue weighted by Gasteiger charge is 2.21. The van der Waals surface area contributed by atoms with E-state index in [1.165, 1.54) is 24.2 Å². The molecule has 0 radical (unpaired) electrons. The van der Waals surface area contributed by atoms with Crippen molar-refractivity contribution in [1.82, 2.24) is 20.2 Å². The summed E-state index contributed by atoms with van der Waals surface area (Å²) in [4.78, 5) is 24.2. The molecule has 1 heterocycles. The summed E-state index contributed by atoms with van der Waals surface area (Å²) >= 11 is 1.29. The van der Waals surface area contributed by atoms with Gasteiger partial charge in [0.15, 0.2) is 5.78 Å².